The van der Waals surface area contributed by atoms with Crippen LogP contribution in [0.3, 0.4) is 0 Å². The summed E-state index contributed by atoms with van der Waals surface area (Å²) >= 11 is 0. The van der Waals surface area contributed by atoms with Crippen molar-refractivity contribution in [2.24, 2.45) is 5.92 Å². The minimum atomic E-state index is -0.778. The van der Waals surface area contributed by atoms with E-state index < -0.39 is 12.1 Å². The van der Waals surface area contributed by atoms with Gasteiger partial charge in [-0.2, -0.15) is 0 Å². The van der Waals surface area contributed by atoms with Crippen molar-refractivity contribution in [2.45, 2.75) is 51.7 Å². The number of hydrogen-bond donors (Lipinski definition) is 2. The van der Waals surface area contributed by atoms with Crippen molar-refractivity contribution < 1.29 is 14.3 Å². The second kappa shape index (κ2) is 6.59. The van der Waals surface area contributed by atoms with Gasteiger partial charge in [-0.25, -0.2) is 4.79 Å². The SMILES string of the molecule is C[C@@H]1CCCC[C@@H]1NC(=O)[C@@H](C)OC(=O)c1ccc[nH]1. The van der Waals surface area contributed by atoms with E-state index in [9.17, 15) is 9.59 Å². The first-order chi connectivity index (χ1) is 9.58. The summed E-state index contributed by atoms with van der Waals surface area (Å²) in [5, 5.41) is 2.99. The zero-order valence-electron chi connectivity index (χ0n) is 12.0. The number of nitrogens with one attached hydrogen (secondary N) is 2. The fraction of sp³-hybridized carbons (Fsp3) is 0.600. The van der Waals surface area contributed by atoms with Gasteiger partial charge in [-0.05, 0) is 37.8 Å². The van der Waals surface area contributed by atoms with E-state index in [2.05, 4.69) is 17.2 Å². The Hall–Kier alpha value is -1.78. The van der Waals surface area contributed by atoms with Crippen LogP contribution >= 0.6 is 0 Å². The lowest BCUT2D eigenvalue weighted by Crippen LogP contribution is -2.46. The van der Waals surface area contributed by atoms with E-state index >= 15 is 0 Å². The summed E-state index contributed by atoms with van der Waals surface area (Å²) in [6, 6.07) is 3.53. The zero-order chi connectivity index (χ0) is 14.5. The number of aromatic nitrogens is 1. The lowest BCUT2D eigenvalue weighted by molar-refractivity contribution is -0.130. The van der Waals surface area contributed by atoms with Gasteiger partial charge in [-0.3, -0.25) is 4.79 Å². The smallest absolute Gasteiger partial charge is 0.355 e. The Labute approximate surface area is 119 Å². The second-order valence-corrected chi connectivity index (χ2v) is 5.51. The van der Waals surface area contributed by atoms with Gasteiger partial charge >= 0.3 is 5.97 Å². The number of amides is 1. The minimum Gasteiger partial charge on any atom is -0.448 e. The molecule has 5 nitrogen and oxygen atoms in total. The molecule has 3 atom stereocenters. The number of ether oxygens (including phenoxy) is 1. The highest BCUT2D eigenvalue weighted by Gasteiger charge is 2.26. The van der Waals surface area contributed by atoms with Crippen molar-refractivity contribution in [1.29, 1.82) is 0 Å². The predicted molar refractivity (Wildman–Crippen MR) is 75.2 cm³/mol. The van der Waals surface area contributed by atoms with Crippen molar-refractivity contribution >= 4 is 11.9 Å². The molecule has 0 bridgehead atoms. The molecule has 0 spiro atoms. The summed E-state index contributed by atoms with van der Waals surface area (Å²) in [6.07, 6.45) is 5.38. The second-order valence-electron chi connectivity index (χ2n) is 5.51. The van der Waals surface area contributed by atoms with Crippen molar-refractivity contribution in [3.05, 3.63) is 24.0 Å². The maximum atomic E-state index is 12.1. The van der Waals surface area contributed by atoms with E-state index in [1.807, 2.05) is 0 Å². The maximum absolute atomic E-state index is 12.1. The molecule has 20 heavy (non-hydrogen) atoms. The number of hydrogen-bond acceptors (Lipinski definition) is 3. The largest absolute Gasteiger partial charge is 0.448 e. The van der Waals surface area contributed by atoms with E-state index in [1.165, 1.54) is 6.42 Å². The molecule has 2 rings (SSSR count). The molecule has 0 aromatic carbocycles. The maximum Gasteiger partial charge on any atom is 0.355 e. The average Bonchev–Trinajstić information content (AvgIpc) is 2.95. The Kier molecular flexibility index (Phi) is 4.82. The van der Waals surface area contributed by atoms with Gasteiger partial charge in [0, 0.05) is 12.2 Å². The number of carbonyl (C=O) groups excluding carboxylic acids is 2. The van der Waals surface area contributed by atoms with Gasteiger partial charge in [-0.15, -0.1) is 0 Å². The van der Waals surface area contributed by atoms with E-state index in [4.69, 9.17) is 4.74 Å². The van der Waals surface area contributed by atoms with Crippen LogP contribution in [-0.4, -0.2) is 29.0 Å². The molecule has 110 valence electrons. The standard InChI is InChI=1S/C15H22N2O3/c1-10-6-3-4-7-12(10)17-14(18)11(2)20-15(19)13-8-5-9-16-13/h5,8-12,16H,3-4,6-7H2,1-2H3,(H,17,18)/t10-,11-,12+/m1/s1. The molecule has 1 amide bonds. The summed E-state index contributed by atoms with van der Waals surface area (Å²) < 4.78 is 5.15. The third kappa shape index (κ3) is 3.62. The molecule has 1 heterocycles. The highest BCUT2D eigenvalue weighted by atomic mass is 16.5. The molecule has 5 heteroatoms. The predicted octanol–water partition coefficient (Wildman–Crippen LogP) is 2.25. The Morgan fingerprint density at radius 3 is 2.80 bits per heavy atom. The quantitative estimate of drug-likeness (QED) is 0.830. The van der Waals surface area contributed by atoms with Gasteiger partial charge in [-0.1, -0.05) is 19.8 Å². The molecule has 1 saturated carbocycles. The van der Waals surface area contributed by atoms with E-state index in [1.54, 1.807) is 25.3 Å². The van der Waals surface area contributed by atoms with Crippen LogP contribution in [0.5, 0.6) is 0 Å². The van der Waals surface area contributed by atoms with Crippen LogP contribution < -0.4 is 5.32 Å². The summed E-state index contributed by atoms with van der Waals surface area (Å²) in [6.45, 7) is 3.75. The minimum absolute atomic E-state index is 0.197. The number of H-pyrrole nitrogens is 1. The van der Waals surface area contributed by atoms with Crippen molar-refractivity contribution in [2.75, 3.05) is 0 Å². The third-order valence-electron chi connectivity index (χ3n) is 3.91. The monoisotopic (exact) mass is 278 g/mol. The third-order valence-corrected chi connectivity index (χ3v) is 3.91. The van der Waals surface area contributed by atoms with Gasteiger partial charge in [0.1, 0.15) is 5.69 Å². The lowest BCUT2D eigenvalue weighted by Gasteiger charge is -2.30. The van der Waals surface area contributed by atoms with E-state index in [0.717, 1.165) is 19.3 Å². The Balaban J connectivity index is 1.84. The first-order valence-corrected chi connectivity index (χ1v) is 7.22. The summed E-state index contributed by atoms with van der Waals surface area (Å²) in [5.41, 5.74) is 0.357. The Bertz CT molecular complexity index is 456. The Morgan fingerprint density at radius 1 is 1.40 bits per heavy atom. The normalized spacial score (nSPS) is 23.9. The van der Waals surface area contributed by atoms with E-state index in [0.29, 0.717) is 11.6 Å². The lowest BCUT2D eigenvalue weighted by atomic mass is 9.86. The van der Waals surface area contributed by atoms with Crippen molar-refractivity contribution in [3.8, 4) is 0 Å². The van der Waals surface area contributed by atoms with Crippen LogP contribution in [0, 0.1) is 5.92 Å². The van der Waals surface area contributed by atoms with Gasteiger partial charge < -0.3 is 15.0 Å². The first-order valence-electron chi connectivity index (χ1n) is 7.22. The average molecular weight is 278 g/mol. The molecular formula is C15H22N2O3. The van der Waals surface area contributed by atoms with Crippen LogP contribution in [0.15, 0.2) is 18.3 Å². The molecular weight excluding hydrogens is 256 g/mol. The molecule has 1 fully saturated rings. The fourth-order valence-electron chi connectivity index (χ4n) is 2.57. The highest BCUT2D eigenvalue weighted by molar-refractivity contribution is 5.90. The summed E-state index contributed by atoms with van der Waals surface area (Å²) in [4.78, 5) is 26.6. The summed E-state index contributed by atoms with van der Waals surface area (Å²) in [5.74, 6) is -0.239. The molecule has 1 aromatic rings. The molecule has 1 aliphatic carbocycles. The van der Waals surface area contributed by atoms with Crippen LogP contribution in [0.4, 0.5) is 0 Å². The molecule has 0 unspecified atom stereocenters. The number of carbonyl (C=O) groups is 2. The van der Waals surface area contributed by atoms with Gasteiger partial charge in [0.15, 0.2) is 6.10 Å². The fourth-order valence-corrected chi connectivity index (χ4v) is 2.57. The first kappa shape index (κ1) is 14.6. The van der Waals surface area contributed by atoms with Crippen LogP contribution in [0.1, 0.15) is 50.0 Å². The molecule has 2 N–H and O–H groups in total. The van der Waals surface area contributed by atoms with Crippen LogP contribution in [0.25, 0.3) is 0 Å². The van der Waals surface area contributed by atoms with E-state index in [-0.39, 0.29) is 11.9 Å². The molecule has 1 aromatic heterocycles. The van der Waals surface area contributed by atoms with Gasteiger partial charge in [0.05, 0.1) is 0 Å². The molecule has 0 radical (unpaired) electrons. The van der Waals surface area contributed by atoms with Crippen molar-refractivity contribution in [1.82, 2.24) is 10.3 Å². The van der Waals surface area contributed by atoms with Gasteiger partial charge in [0.2, 0.25) is 0 Å². The number of rotatable bonds is 4. The summed E-state index contributed by atoms with van der Waals surface area (Å²) in [7, 11) is 0. The van der Waals surface area contributed by atoms with Crippen LogP contribution in [-0.2, 0) is 9.53 Å². The topological polar surface area (TPSA) is 71.2 Å². The molecule has 1 aliphatic rings. The van der Waals surface area contributed by atoms with Crippen molar-refractivity contribution in [3.63, 3.8) is 0 Å². The van der Waals surface area contributed by atoms with Gasteiger partial charge in [0.25, 0.3) is 5.91 Å². The zero-order valence-corrected chi connectivity index (χ0v) is 12.0. The highest BCUT2D eigenvalue weighted by Crippen LogP contribution is 2.23. The Morgan fingerprint density at radius 2 is 2.15 bits per heavy atom. The molecule has 0 saturated heterocycles. The van der Waals surface area contributed by atoms with Crippen LogP contribution in [0.2, 0.25) is 0 Å². The molecule has 0 aliphatic heterocycles. The number of aromatic amines is 1. The number of esters is 1.